The molecule has 0 radical (unpaired) electrons. The van der Waals surface area contributed by atoms with E-state index >= 15 is 0 Å². The van der Waals surface area contributed by atoms with Crippen molar-refractivity contribution in [1.29, 1.82) is 0 Å². The lowest BCUT2D eigenvalue weighted by atomic mass is 9.82. The Kier molecular flexibility index (Phi) is 15.8. The fourth-order valence-corrected chi connectivity index (χ4v) is 7.29. The van der Waals surface area contributed by atoms with Gasteiger partial charge in [0.2, 0.25) is 17.7 Å². The molecule has 1 aliphatic carbocycles. The topological polar surface area (TPSA) is 136 Å². The van der Waals surface area contributed by atoms with Crippen LogP contribution in [0.25, 0.3) is 0 Å². The van der Waals surface area contributed by atoms with E-state index in [9.17, 15) is 24.6 Å². The number of hydrogen-bond donors (Lipinski definition) is 3. The maximum atomic E-state index is 14.2. The number of hydrogen-bond acceptors (Lipinski definition) is 8. The van der Waals surface area contributed by atoms with E-state index in [0.29, 0.717) is 37.4 Å². The number of thiazole rings is 1. The minimum Gasteiger partial charge on any atom is -0.390 e. The molecule has 0 aliphatic heterocycles. The monoisotopic (exact) mass is 705 g/mol. The summed E-state index contributed by atoms with van der Waals surface area (Å²) < 4.78 is 0. The number of benzene rings is 1. The molecule has 2 heterocycles. The molecule has 4 rings (SSSR count). The van der Waals surface area contributed by atoms with Crippen molar-refractivity contribution in [3.05, 3.63) is 82.6 Å². The Labute approximate surface area is 301 Å². The standard InChI is InChI=1S/C39H55N5O5S/c1-28(2)20-35(45)38(48)34(21-29-12-6-4-7-13-29)42-39(49)31(22-33-26-50-27-41-33)23-36(46)44(24-30-14-8-5-9-15-30)25-37(47)43(3)19-17-32-16-10-11-18-40-32/h5,8-11,14-16,18,26-29,31,34-35,38,45,48H,4,6-7,12-13,17,19-25H2,1-3H3,(H,42,49)/t31-,34+,35+,38-/m1/s1. The first-order chi connectivity index (χ1) is 24.1. The first kappa shape index (κ1) is 39.1. The lowest BCUT2D eigenvalue weighted by Crippen LogP contribution is -2.52. The van der Waals surface area contributed by atoms with Crippen molar-refractivity contribution in [3.8, 4) is 0 Å². The van der Waals surface area contributed by atoms with E-state index in [4.69, 9.17) is 0 Å². The quantitative estimate of drug-likeness (QED) is 0.159. The summed E-state index contributed by atoms with van der Waals surface area (Å²) in [6.07, 6.45) is 6.75. The molecule has 272 valence electrons. The third-order valence-electron chi connectivity index (χ3n) is 9.64. The molecule has 10 nitrogen and oxygen atoms in total. The summed E-state index contributed by atoms with van der Waals surface area (Å²) in [7, 11) is 1.72. The van der Waals surface area contributed by atoms with Gasteiger partial charge in [-0.1, -0.05) is 82.3 Å². The van der Waals surface area contributed by atoms with Crippen LogP contribution in [-0.2, 0) is 33.8 Å². The maximum Gasteiger partial charge on any atom is 0.241 e. The molecule has 1 fully saturated rings. The maximum absolute atomic E-state index is 14.2. The van der Waals surface area contributed by atoms with Gasteiger partial charge in [-0.2, -0.15) is 0 Å². The molecule has 1 aliphatic rings. The summed E-state index contributed by atoms with van der Waals surface area (Å²) in [6.45, 7) is 4.51. The van der Waals surface area contributed by atoms with Gasteiger partial charge in [0, 0.05) is 56.7 Å². The third-order valence-corrected chi connectivity index (χ3v) is 10.3. The van der Waals surface area contributed by atoms with E-state index < -0.39 is 24.2 Å². The molecule has 2 aromatic heterocycles. The number of likely N-dealkylation sites (N-methyl/N-ethyl adjacent to an activating group) is 1. The average molecular weight is 706 g/mol. The molecule has 0 bridgehead atoms. The summed E-state index contributed by atoms with van der Waals surface area (Å²) in [5.41, 5.74) is 4.15. The highest BCUT2D eigenvalue weighted by atomic mass is 32.1. The van der Waals surface area contributed by atoms with Crippen LogP contribution in [0.2, 0.25) is 0 Å². The number of aliphatic hydroxyl groups excluding tert-OH is 2. The number of pyridine rings is 1. The normalized spacial score (nSPS) is 16.0. The van der Waals surface area contributed by atoms with Gasteiger partial charge in [-0.25, -0.2) is 4.98 Å². The Balaban J connectivity index is 1.52. The Morgan fingerprint density at radius 3 is 2.36 bits per heavy atom. The van der Waals surface area contributed by atoms with E-state index in [1.54, 1.807) is 23.7 Å². The number of amides is 3. The van der Waals surface area contributed by atoms with Crippen molar-refractivity contribution in [2.45, 2.75) is 103 Å². The predicted octanol–water partition coefficient (Wildman–Crippen LogP) is 5.04. The summed E-state index contributed by atoms with van der Waals surface area (Å²) >= 11 is 1.42. The fourth-order valence-electron chi connectivity index (χ4n) is 6.72. The second kappa shape index (κ2) is 20.2. The molecule has 0 unspecified atom stereocenters. The van der Waals surface area contributed by atoms with Gasteiger partial charge < -0.3 is 25.3 Å². The Hall–Kier alpha value is -3.67. The summed E-state index contributed by atoms with van der Waals surface area (Å²) in [5, 5.41) is 27.2. The van der Waals surface area contributed by atoms with Gasteiger partial charge in [0.05, 0.1) is 29.3 Å². The molecular weight excluding hydrogens is 651 g/mol. The Morgan fingerprint density at radius 2 is 1.70 bits per heavy atom. The highest BCUT2D eigenvalue weighted by Crippen LogP contribution is 2.29. The lowest BCUT2D eigenvalue weighted by Gasteiger charge is -2.34. The number of carbonyl (C=O) groups is 3. The first-order valence-corrected chi connectivity index (χ1v) is 19.0. The van der Waals surface area contributed by atoms with Gasteiger partial charge in [0.25, 0.3) is 0 Å². The lowest BCUT2D eigenvalue weighted by molar-refractivity contribution is -0.142. The third kappa shape index (κ3) is 12.9. The zero-order valence-corrected chi connectivity index (χ0v) is 30.6. The number of aromatic nitrogens is 2. The second-order valence-corrected chi connectivity index (χ2v) is 15.0. The number of aliphatic hydroxyl groups is 2. The van der Waals surface area contributed by atoms with Crippen LogP contribution in [0, 0.1) is 17.8 Å². The molecular formula is C39H55N5O5S. The number of nitrogens with one attached hydrogen (secondary N) is 1. The van der Waals surface area contributed by atoms with Crippen molar-refractivity contribution in [2.75, 3.05) is 20.1 Å². The van der Waals surface area contributed by atoms with E-state index in [-0.39, 0.29) is 49.6 Å². The van der Waals surface area contributed by atoms with Crippen LogP contribution in [0.1, 0.15) is 82.2 Å². The summed E-state index contributed by atoms with van der Waals surface area (Å²) in [4.78, 5) is 53.7. The van der Waals surface area contributed by atoms with E-state index in [0.717, 1.165) is 36.9 Å². The van der Waals surface area contributed by atoms with Crippen molar-refractivity contribution in [3.63, 3.8) is 0 Å². The van der Waals surface area contributed by atoms with Gasteiger partial charge in [-0.3, -0.25) is 19.4 Å². The number of rotatable bonds is 19. The molecule has 0 saturated heterocycles. The molecule has 3 N–H and O–H groups in total. The largest absolute Gasteiger partial charge is 0.390 e. The average Bonchev–Trinajstić information content (AvgIpc) is 3.63. The smallest absolute Gasteiger partial charge is 0.241 e. The SMILES string of the molecule is CC(C)C[C@H](O)[C@H](O)[C@H](CC1CCCCC1)NC(=O)[C@@H](CC(=O)N(CC(=O)N(C)CCc1ccccn1)Cc1ccccc1)Cc1cscn1. The molecule has 50 heavy (non-hydrogen) atoms. The molecule has 4 atom stereocenters. The molecule has 1 aromatic carbocycles. The minimum absolute atomic E-state index is 0.137. The van der Waals surface area contributed by atoms with Crippen molar-refractivity contribution < 1.29 is 24.6 Å². The molecule has 3 amide bonds. The van der Waals surface area contributed by atoms with Crippen LogP contribution >= 0.6 is 11.3 Å². The van der Waals surface area contributed by atoms with E-state index in [1.807, 2.05) is 67.8 Å². The van der Waals surface area contributed by atoms with Gasteiger partial charge in [0.1, 0.15) is 12.6 Å². The summed E-state index contributed by atoms with van der Waals surface area (Å²) in [5.74, 6) is -1.16. The fraction of sp³-hybridized carbons (Fsp3) is 0.564. The van der Waals surface area contributed by atoms with Crippen molar-refractivity contribution in [1.82, 2.24) is 25.1 Å². The first-order valence-electron chi connectivity index (χ1n) is 18.1. The van der Waals surface area contributed by atoms with Gasteiger partial charge in [-0.15, -0.1) is 11.3 Å². The van der Waals surface area contributed by atoms with Crippen molar-refractivity contribution >= 4 is 29.1 Å². The van der Waals surface area contributed by atoms with Crippen LogP contribution in [-0.4, -0.2) is 86.1 Å². The highest BCUT2D eigenvalue weighted by Gasteiger charge is 2.34. The van der Waals surface area contributed by atoms with Crippen LogP contribution in [0.15, 0.2) is 65.6 Å². The van der Waals surface area contributed by atoms with Crippen LogP contribution in [0.5, 0.6) is 0 Å². The van der Waals surface area contributed by atoms with Crippen LogP contribution in [0.4, 0.5) is 0 Å². The number of carbonyl (C=O) groups excluding carboxylic acids is 3. The van der Waals surface area contributed by atoms with Crippen LogP contribution in [0.3, 0.4) is 0 Å². The van der Waals surface area contributed by atoms with Crippen molar-refractivity contribution in [2.24, 2.45) is 17.8 Å². The predicted molar refractivity (Wildman–Crippen MR) is 196 cm³/mol. The molecule has 11 heteroatoms. The van der Waals surface area contributed by atoms with Gasteiger partial charge in [0.15, 0.2) is 0 Å². The molecule has 0 spiro atoms. The van der Waals surface area contributed by atoms with E-state index in [2.05, 4.69) is 15.3 Å². The molecule has 3 aromatic rings. The minimum atomic E-state index is -1.13. The zero-order chi connectivity index (χ0) is 35.9. The number of nitrogens with zero attached hydrogens (tertiary/aromatic N) is 4. The highest BCUT2D eigenvalue weighted by molar-refractivity contribution is 7.07. The Morgan fingerprint density at radius 1 is 0.960 bits per heavy atom. The van der Waals surface area contributed by atoms with E-state index in [1.165, 1.54) is 22.7 Å². The van der Waals surface area contributed by atoms with Crippen LogP contribution < -0.4 is 5.32 Å². The second-order valence-electron chi connectivity index (χ2n) is 14.2. The van der Waals surface area contributed by atoms with Gasteiger partial charge in [-0.05, 0) is 42.4 Å². The Bertz CT molecular complexity index is 1440. The zero-order valence-electron chi connectivity index (χ0n) is 29.8. The summed E-state index contributed by atoms with van der Waals surface area (Å²) in [6, 6.07) is 14.5. The van der Waals surface area contributed by atoms with Gasteiger partial charge >= 0.3 is 0 Å². The molecule has 1 saturated carbocycles.